The van der Waals surface area contributed by atoms with Gasteiger partial charge in [0.2, 0.25) is 0 Å². The van der Waals surface area contributed by atoms with Gasteiger partial charge in [0.25, 0.3) is 0 Å². The van der Waals surface area contributed by atoms with Crippen LogP contribution in [0.15, 0.2) is 60.0 Å². The van der Waals surface area contributed by atoms with E-state index >= 15 is 0 Å². The summed E-state index contributed by atoms with van der Waals surface area (Å²) in [5.41, 5.74) is 2.34. The minimum absolute atomic E-state index is 0.0942. The number of halogens is 4. The summed E-state index contributed by atoms with van der Waals surface area (Å²) in [6, 6.07) is 13.4. The number of methoxy groups -OCH3 is 1. The first kappa shape index (κ1) is 27.3. The molecule has 6 nitrogen and oxygen atoms in total. The zero-order valence-corrected chi connectivity index (χ0v) is 21.7. The second-order valence-corrected chi connectivity index (χ2v) is 9.49. The van der Waals surface area contributed by atoms with Crippen molar-refractivity contribution in [3.05, 3.63) is 81.1 Å². The molecule has 1 aromatic heterocycles. The Morgan fingerprint density at radius 1 is 1.00 bits per heavy atom. The van der Waals surface area contributed by atoms with Gasteiger partial charge >= 0.3 is 12.1 Å². The van der Waals surface area contributed by atoms with Crippen LogP contribution in [-0.2, 0) is 17.6 Å². The van der Waals surface area contributed by atoms with Crippen LogP contribution in [0.2, 0.25) is 5.02 Å². The van der Waals surface area contributed by atoms with Crippen molar-refractivity contribution in [3.8, 4) is 39.6 Å². The Balaban J connectivity index is 1.60. The van der Waals surface area contributed by atoms with E-state index in [0.717, 1.165) is 12.1 Å². The van der Waals surface area contributed by atoms with E-state index in [4.69, 9.17) is 30.9 Å². The Hall–Kier alpha value is -3.76. The Labute approximate surface area is 225 Å². The minimum atomic E-state index is -4.40. The third kappa shape index (κ3) is 6.38. The van der Waals surface area contributed by atoms with Gasteiger partial charge in [0.05, 0.1) is 23.4 Å². The first-order valence-corrected chi connectivity index (χ1v) is 12.4. The molecule has 38 heavy (non-hydrogen) atoms. The fourth-order valence-corrected chi connectivity index (χ4v) is 4.59. The highest BCUT2D eigenvalue weighted by atomic mass is 35.5. The largest absolute Gasteiger partial charge is 0.495 e. The van der Waals surface area contributed by atoms with Gasteiger partial charge in [0, 0.05) is 16.5 Å². The van der Waals surface area contributed by atoms with Crippen molar-refractivity contribution in [2.45, 2.75) is 19.7 Å². The second-order valence-electron chi connectivity index (χ2n) is 8.14. The number of hydrogen-bond donors (Lipinski definition) is 1. The number of aromatic nitrogens is 1. The van der Waals surface area contributed by atoms with Gasteiger partial charge in [-0.25, -0.2) is 9.78 Å². The van der Waals surface area contributed by atoms with Crippen LogP contribution in [0.3, 0.4) is 0 Å². The zero-order chi connectivity index (χ0) is 27.4. The van der Waals surface area contributed by atoms with Gasteiger partial charge in [-0.15, -0.1) is 11.3 Å². The predicted octanol–water partition coefficient (Wildman–Crippen LogP) is 7.51. The van der Waals surface area contributed by atoms with Crippen molar-refractivity contribution in [3.63, 3.8) is 0 Å². The lowest BCUT2D eigenvalue weighted by Crippen LogP contribution is -2.10. The highest BCUT2D eigenvalue weighted by molar-refractivity contribution is 7.09. The number of carboxylic acid groups (broad SMARTS) is 1. The molecule has 0 saturated heterocycles. The van der Waals surface area contributed by atoms with Crippen LogP contribution in [0.5, 0.6) is 17.2 Å². The van der Waals surface area contributed by atoms with E-state index in [2.05, 4.69) is 4.98 Å². The van der Waals surface area contributed by atoms with Crippen LogP contribution in [-0.4, -0.2) is 29.8 Å². The van der Waals surface area contributed by atoms with E-state index in [-0.39, 0.29) is 6.61 Å². The summed E-state index contributed by atoms with van der Waals surface area (Å²) in [7, 11) is 1.51. The number of alkyl halides is 3. The Bertz CT molecular complexity index is 1450. The van der Waals surface area contributed by atoms with Gasteiger partial charge in [-0.1, -0.05) is 29.8 Å². The molecular weight excluding hydrogens is 543 g/mol. The van der Waals surface area contributed by atoms with Crippen molar-refractivity contribution in [1.82, 2.24) is 4.98 Å². The number of carboxylic acids is 1. The lowest BCUT2D eigenvalue weighted by molar-refractivity contribution is -0.139. The number of benzene rings is 3. The minimum Gasteiger partial charge on any atom is -0.495 e. The average Bonchev–Trinajstić information content (AvgIpc) is 3.35. The summed E-state index contributed by atoms with van der Waals surface area (Å²) >= 11 is 7.64. The van der Waals surface area contributed by atoms with Crippen LogP contribution in [0.4, 0.5) is 13.2 Å². The number of aliphatic carboxylic acids is 1. The number of aryl methyl sites for hydroxylation is 1. The molecule has 0 unspecified atom stereocenters. The zero-order valence-electron chi connectivity index (χ0n) is 20.1. The van der Waals surface area contributed by atoms with Gasteiger partial charge < -0.3 is 19.3 Å². The van der Waals surface area contributed by atoms with Gasteiger partial charge in [0.15, 0.2) is 6.61 Å². The maximum absolute atomic E-state index is 12.9. The van der Waals surface area contributed by atoms with Crippen LogP contribution >= 0.6 is 22.9 Å². The van der Waals surface area contributed by atoms with Crippen molar-refractivity contribution >= 4 is 28.9 Å². The second kappa shape index (κ2) is 11.3. The van der Waals surface area contributed by atoms with E-state index in [1.807, 2.05) is 0 Å². The topological polar surface area (TPSA) is 77.9 Å². The lowest BCUT2D eigenvalue weighted by atomic mass is 10.0. The van der Waals surface area contributed by atoms with Crippen molar-refractivity contribution in [2.24, 2.45) is 0 Å². The van der Waals surface area contributed by atoms with Crippen LogP contribution in [0, 0.1) is 6.92 Å². The molecule has 0 aliphatic rings. The molecular formula is C27H21ClF3NO5S. The van der Waals surface area contributed by atoms with Crippen LogP contribution in [0.1, 0.15) is 16.1 Å². The molecule has 0 saturated carbocycles. The van der Waals surface area contributed by atoms with E-state index in [9.17, 15) is 18.0 Å². The smallest absolute Gasteiger partial charge is 0.416 e. The maximum Gasteiger partial charge on any atom is 0.416 e. The SMILES string of the molecule is COc1ccc(-c2cc(OCC(=O)O)c(C)cc2OCc2nc(-c3ccc(C(F)(F)F)cc3)cs2)cc1Cl. The number of ether oxygens (including phenoxy) is 3. The third-order valence-corrected chi connectivity index (χ3v) is 6.62. The molecule has 11 heteroatoms. The van der Waals surface area contributed by atoms with Gasteiger partial charge in [-0.3, -0.25) is 0 Å². The molecule has 198 valence electrons. The first-order valence-electron chi connectivity index (χ1n) is 11.1. The molecule has 0 fully saturated rings. The van der Waals surface area contributed by atoms with Crippen molar-refractivity contribution in [2.75, 3.05) is 13.7 Å². The third-order valence-electron chi connectivity index (χ3n) is 5.50. The van der Waals surface area contributed by atoms with Crippen LogP contribution in [0.25, 0.3) is 22.4 Å². The quantitative estimate of drug-likeness (QED) is 0.227. The maximum atomic E-state index is 12.9. The summed E-state index contributed by atoms with van der Waals surface area (Å²) in [5.74, 6) is 0.246. The van der Waals surface area contributed by atoms with Gasteiger partial charge in [-0.2, -0.15) is 13.2 Å². The van der Waals surface area contributed by atoms with E-state index in [0.29, 0.717) is 55.2 Å². The summed E-state index contributed by atoms with van der Waals surface area (Å²) in [4.78, 5) is 15.5. The molecule has 1 heterocycles. The molecule has 0 aliphatic carbocycles. The van der Waals surface area contributed by atoms with Gasteiger partial charge in [-0.05, 0) is 54.4 Å². The number of carbonyl (C=O) groups is 1. The average molecular weight is 564 g/mol. The molecule has 0 atom stereocenters. The number of thiazole rings is 1. The molecule has 0 bridgehead atoms. The Morgan fingerprint density at radius 3 is 2.34 bits per heavy atom. The number of rotatable bonds is 9. The van der Waals surface area contributed by atoms with Gasteiger partial charge in [0.1, 0.15) is 28.9 Å². The van der Waals surface area contributed by atoms with E-state index in [1.54, 1.807) is 42.6 Å². The van der Waals surface area contributed by atoms with E-state index in [1.165, 1.54) is 30.6 Å². The molecule has 0 aliphatic heterocycles. The molecule has 3 aromatic carbocycles. The molecule has 0 amide bonds. The fourth-order valence-electron chi connectivity index (χ4n) is 3.61. The Kier molecular flexibility index (Phi) is 8.13. The van der Waals surface area contributed by atoms with E-state index < -0.39 is 24.3 Å². The standard InChI is InChI=1S/C27H21ClF3NO5S/c1-15-9-24(19(11-23(15)37-13-26(33)34)17-5-8-22(35-2)20(28)10-17)36-12-25-32-21(14-38-25)16-3-6-18(7-4-16)27(29,30)31/h3-11,14H,12-13H2,1-2H3,(H,33,34). The van der Waals surface area contributed by atoms with Crippen molar-refractivity contribution in [1.29, 1.82) is 0 Å². The Morgan fingerprint density at radius 2 is 1.71 bits per heavy atom. The molecule has 1 N–H and O–H groups in total. The molecule has 4 rings (SSSR count). The summed E-state index contributed by atoms with van der Waals surface area (Å²) in [6.07, 6.45) is -4.40. The fraction of sp³-hybridized carbons (Fsp3) is 0.185. The van der Waals surface area contributed by atoms with Crippen LogP contribution < -0.4 is 14.2 Å². The lowest BCUT2D eigenvalue weighted by Gasteiger charge is -2.16. The molecule has 4 aromatic rings. The highest BCUT2D eigenvalue weighted by Crippen LogP contribution is 2.39. The first-order chi connectivity index (χ1) is 18.0. The molecule has 0 spiro atoms. The molecule has 0 radical (unpaired) electrons. The highest BCUT2D eigenvalue weighted by Gasteiger charge is 2.30. The summed E-state index contributed by atoms with van der Waals surface area (Å²) in [5, 5.41) is 11.8. The predicted molar refractivity (Wildman–Crippen MR) is 138 cm³/mol. The monoisotopic (exact) mass is 563 g/mol. The van der Waals surface area contributed by atoms with Crippen molar-refractivity contribution < 1.29 is 37.3 Å². The normalized spacial score (nSPS) is 11.3. The summed E-state index contributed by atoms with van der Waals surface area (Å²) in [6.45, 7) is 1.35. The summed E-state index contributed by atoms with van der Waals surface area (Å²) < 4.78 is 55.3. The number of hydrogen-bond acceptors (Lipinski definition) is 6. The number of nitrogens with zero attached hydrogens (tertiary/aromatic N) is 1.